The van der Waals surface area contributed by atoms with E-state index >= 15 is 0 Å². The molecule has 0 radical (unpaired) electrons. The molecule has 0 saturated carbocycles. The fourth-order valence-corrected chi connectivity index (χ4v) is 2.80. The van der Waals surface area contributed by atoms with E-state index in [1.807, 2.05) is 13.8 Å². The van der Waals surface area contributed by atoms with Gasteiger partial charge in [-0.25, -0.2) is 9.59 Å². The average molecular weight is 350 g/mol. The fraction of sp³-hybridized carbons (Fsp3) is 0.471. The normalized spacial score (nSPS) is 11.6. The number of carbonyl (C=O) groups is 2. The number of hydrogen-bond acceptors (Lipinski definition) is 7. The summed E-state index contributed by atoms with van der Waals surface area (Å²) in [7, 11) is 0. The van der Waals surface area contributed by atoms with Gasteiger partial charge in [0.05, 0.1) is 12.2 Å². The van der Waals surface area contributed by atoms with Gasteiger partial charge in [-0.3, -0.25) is 0 Å². The average Bonchev–Trinajstić information content (AvgIpc) is 2.73. The number of nitriles is 1. The molecule has 1 N–H and O–H groups in total. The number of carbonyl (C=O) groups excluding carboxylic acids is 2. The molecule has 0 aliphatic heterocycles. The number of hydrogen-bond donors (Lipinski definition) is 1. The van der Waals surface area contributed by atoms with Crippen LogP contribution in [0, 0.1) is 25.2 Å². The van der Waals surface area contributed by atoms with Gasteiger partial charge in [0.15, 0.2) is 5.57 Å². The van der Waals surface area contributed by atoms with Crippen LogP contribution in [-0.2, 0) is 14.3 Å². The lowest BCUT2D eigenvalue weighted by atomic mass is 10.1. The maximum atomic E-state index is 12.1. The van der Waals surface area contributed by atoms with Crippen molar-refractivity contribution in [1.82, 2.24) is 0 Å². The third kappa shape index (κ3) is 5.10. The van der Waals surface area contributed by atoms with E-state index in [2.05, 4.69) is 5.32 Å². The minimum Gasteiger partial charge on any atom is -0.462 e. The molecular weight excluding hydrogens is 328 g/mol. The molecule has 1 aromatic rings. The highest BCUT2D eigenvalue weighted by Gasteiger charge is 2.22. The summed E-state index contributed by atoms with van der Waals surface area (Å²) in [5.41, 5.74) is 0.352. The van der Waals surface area contributed by atoms with Gasteiger partial charge < -0.3 is 14.8 Å². The van der Waals surface area contributed by atoms with E-state index < -0.39 is 17.5 Å². The van der Waals surface area contributed by atoms with Crippen LogP contribution in [0.2, 0.25) is 0 Å². The molecule has 0 atom stereocenters. The standard InChI is InChI=1S/C17H22N2O4S/c1-7-22-16(21)13-10(2)11(3)24-14(13)19-9-12(8-18)15(20)23-17(4,5)6/h9,19H,7H2,1-6H3. The van der Waals surface area contributed by atoms with E-state index in [4.69, 9.17) is 14.7 Å². The van der Waals surface area contributed by atoms with E-state index in [1.54, 1.807) is 33.8 Å². The minimum absolute atomic E-state index is 0.177. The molecule has 0 aliphatic carbocycles. The van der Waals surface area contributed by atoms with Crippen molar-refractivity contribution in [1.29, 1.82) is 5.26 Å². The Balaban J connectivity index is 3.08. The molecule has 0 fully saturated rings. The zero-order valence-electron chi connectivity index (χ0n) is 14.8. The van der Waals surface area contributed by atoms with Gasteiger partial charge in [-0.05, 0) is 47.1 Å². The summed E-state index contributed by atoms with van der Waals surface area (Å²) in [6, 6.07) is 1.80. The molecule has 1 rings (SSSR count). The van der Waals surface area contributed by atoms with E-state index in [1.165, 1.54) is 17.5 Å². The number of anilines is 1. The number of nitrogens with one attached hydrogen (secondary N) is 1. The second-order valence-electron chi connectivity index (χ2n) is 6.02. The predicted octanol–water partition coefficient (Wildman–Crippen LogP) is 3.70. The van der Waals surface area contributed by atoms with Crippen LogP contribution < -0.4 is 5.32 Å². The first-order valence-corrected chi connectivity index (χ1v) is 8.29. The first kappa shape index (κ1) is 19.7. The van der Waals surface area contributed by atoms with Crippen molar-refractivity contribution >= 4 is 28.3 Å². The molecule has 7 heteroatoms. The minimum atomic E-state index is -0.722. The maximum absolute atomic E-state index is 12.1. The summed E-state index contributed by atoms with van der Waals surface area (Å²) in [6.07, 6.45) is 1.25. The quantitative estimate of drug-likeness (QED) is 0.495. The smallest absolute Gasteiger partial charge is 0.350 e. The Kier molecular flexibility index (Phi) is 6.55. The zero-order chi connectivity index (χ0) is 18.5. The lowest BCUT2D eigenvalue weighted by Crippen LogP contribution is -2.24. The van der Waals surface area contributed by atoms with Crippen LogP contribution in [0.4, 0.5) is 5.00 Å². The van der Waals surface area contributed by atoms with Crippen molar-refractivity contribution < 1.29 is 19.1 Å². The maximum Gasteiger partial charge on any atom is 0.350 e. The first-order chi connectivity index (χ1) is 11.1. The predicted molar refractivity (Wildman–Crippen MR) is 92.9 cm³/mol. The van der Waals surface area contributed by atoms with Gasteiger partial charge >= 0.3 is 11.9 Å². The second kappa shape index (κ2) is 7.97. The Morgan fingerprint density at radius 3 is 2.46 bits per heavy atom. The van der Waals surface area contributed by atoms with E-state index in [0.717, 1.165) is 10.4 Å². The van der Waals surface area contributed by atoms with Gasteiger partial charge in [0, 0.05) is 11.1 Å². The Morgan fingerprint density at radius 1 is 1.33 bits per heavy atom. The molecule has 1 heterocycles. The monoisotopic (exact) mass is 350 g/mol. The zero-order valence-corrected chi connectivity index (χ0v) is 15.6. The number of esters is 2. The Labute approximate surface area is 146 Å². The number of aryl methyl sites for hydroxylation is 1. The summed E-state index contributed by atoms with van der Waals surface area (Å²) in [5.74, 6) is -1.16. The van der Waals surface area contributed by atoms with Gasteiger partial charge in [0.1, 0.15) is 16.7 Å². The van der Waals surface area contributed by atoms with Crippen molar-refractivity contribution in [3.63, 3.8) is 0 Å². The lowest BCUT2D eigenvalue weighted by Gasteiger charge is -2.18. The molecular formula is C17H22N2O4S. The molecule has 24 heavy (non-hydrogen) atoms. The van der Waals surface area contributed by atoms with Crippen LogP contribution in [-0.4, -0.2) is 24.1 Å². The van der Waals surface area contributed by atoms with Crippen LogP contribution in [0.1, 0.15) is 48.5 Å². The van der Waals surface area contributed by atoms with E-state index in [-0.39, 0.29) is 12.2 Å². The van der Waals surface area contributed by atoms with Crippen LogP contribution in [0.15, 0.2) is 11.8 Å². The highest BCUT2D eigenvalue weighted by atomic mass is 32.1. The Morgan fingerprint density at radius 2 is 1.96 bits per heavy atom. The molecule has 0 aliphatic rings. The molecule has 0 aromatic carbocycles. The van der Waals surface area contributed by atoms with Gasteiger partial charge in [-0.2, -0.15) is 5.26 Å². The van der Waals surface area contributed by atoms with Crippen LogP contribution in [0.5, 0.6) is 0 Å². The van der Waals surface area contributed by atoms with Crippen LogP contribution >= 0.6 is 11.3 Å². The number of thiophene rings is 1. The lowest BCUT2D eigenvalue weighted by molar-refractivity contribution is -0.149. The fourth-order valence-electron chi connectivity index (χ4n) is 1.79. The molecule has 0 saturated heterocycles. The van der Waals surface area contributed by atoms with Crippen molar-refractivity contribution in [2.24, 2.45) is 0 Å². The molecule has 0 spiro atoms. The summed E-state index contributed by atoms with van der Waals surface area (Å²) in [5, 5.41) is 12.5. The molecule has 130 valence electrons. The molecule has 0 amide bonds. The molecule has 1 aromatic heterocycles. The van der Waals surface area contributed by atoms with Crippen molar-refractivity contribution in [3.8, 4) is 6.07 Å². The van der Waals surface area contributed by atoms with Crippen LogP contribution in [0.25, 0.3) is 0 Å². The number of rotatable bonds is 5. The topological polar surface area (TPSA) is 88.4 Å². The van der Waals surface area contributed by atoms with Gasteiger partial charge in [-0.1, -0.05) is 0 Å². The third-order valence-corrected chi connectivity index (χ3v) is 4.09. The molecule has 0 bridgehead atoms. The van der Waals surface area contributed by atoms with Crippen molar-refractivity contribution in [2.75, 3.05) is 11.9 Å². The molecule has 0 unspecified atom stereocenters. The third-order valence-electron chi connectivity index (χ3n) is 2.95. The van der Waals surface area contributed by atoms with Gasteiger partial charge in [0.2, 0.25) is 0 Å². The highest BCUT2D eigenvalue weighted by Crippen LogP contribution is 2.33. The van der Waals surface area contributed by atoms with Crippen LogP contribution in [0.3, 0.4) is 0 Å². The highest BCUT2D eigenvalue weighted by molar-refractivity contribution is 7.16. The summed E-state index contributed by atoms with van der Waals surface area (Å²) in [4.78, 5) is 25.0. The first-order valence-electron chi connectivity index (χ1n) is 7.48. The summed E-state index contributed by atoms with van der Waals surface area (Å²) >= 11 is 1.35. The van der Waals surface area contributed by atoms with Gasteiger partial charge in [-0.15, -0.1) is 11.3 Å². The Hall–Kier alpha value is -2.33. The largest absolute Gasteiger partial charge is 0.462 e. The number of nitrogens with zero attached hydrogens (tertiary/aromatic N) is 1. The SMILES string of the molecule is CCOC(=O)c1c(NC=C(C#N)C(=O)OC(C)(C)C)sc(C)c1C. The Bertz CT molecular complexity index is 705. The van der Waals surface area contributed by atoms with Crippen molar-refractivity contribution in [2.45, 2.75) is 47.1 Å². The van der Waals surface area contributed by atoms with E-state index in [9.17, 15) is 9.59 Å². The summed E-state index contributed by atoms with van der Waals surface area (Å²) < 4.78 is 10.2. The van der Waals surface area contributed by atoms with Crippen molar-refractivity contribution in [3.05, 3.63) is 27.8 Å². The van der Waals surface area contributed by atoms with E-state index in [0.29, 0.717) is 10.6 Å². The second-order valence-corrected chi connectivity index (χ2v) is 7.25. The number of ether oxygens (including phenoxy) is 2. The summed E-state index contributed by atoms with van der Waals surface area (Å²) in [6.45, 7) is 10.9. The van der Waals surface area contributed by atoms with Gasteiger partial charge in [0.25, 0.3) is 0 Å². The molecule has 6 nitrogen and oxygen atoms in total.